The molecule has 60 valence electrons. The minimum absolute atomic E-state index is 0.708. The molecule has 0 spiro atoms. The molecule has 1 aliphatic rings. The Morgan fingerprint density at radius 2 is 2.30 bits per heavy atom. The molecule has 0 saturated heterocycles. The lowest BCUT2D eigenvalue weighted by Gasteiger charge is -2.17. The fourth-order valence-electron chi connectivity index (χ4n) is 1.83. The van der Waals surface area contributed by atoms with E-state index in [0.717, 1.165) is 12.5 Å². The molecule has 0 heterocycles. The Kier molecular flexibility index (Phi) is 3.16. The van der Waals surface area contributed by atoms with Crippen LogP contribution in [0.15, 0.2) is 0 Å². The predicted octanol–water partition coefficient (Wildman–Crippen LogP) is 1.02. The zero-order chi connectivity index (χ0) is 7.40. The summed E-state index contributed by atoms with van der Waals surface area (Å²) in [6, 6.07) is 0.708. The van der Waals surface area contributed by atoms with E-state index in [-0.39, 0.29) is 0 Å². The van der Waals surface area contributed by atoms with Crippen LogP contribution < -0.4 is 5.32 Å². The Hall–Kier alpha value is -0.0800. The smallest absolute Gasteiger partial charge is 0.0505 e. The van der Waals surface area contributed by atoms with Crippen molar-refractivity contribution in [1.29, 1.82) is 0 Å². The van der Waals surface area contributed by atoms with Gasteiger partial charge in [-0.1, -0.05) is 6.42 Å². The van der Waals surface area contributed by atoms with Crippen molar-refractivity contribution >= 4 is 0 Å². The van der Waals surface area contributed by atoms with Gasteiger partial charge in [-0.3, -0.25) is 0 Å². The van der Waals surface area contributed by atoms with Gasteiger partial charge in [0.05, 0.1) is 6.61 Å². The van der Waals surface area contributed by atoms with Crippen LogP contribution in [0, 0.1) is 5.92 Å². The van der Waals surface area contributed by atoms with Crippen molar-refractivity contribution in [2.45, 2.75) is 25.3 Å². The van der Waals surface area contributed by atoms with Gasteiger partial charge in [0.1, 0.15) is 0 Å². The number of methoxy groups -OCH3 is 1. The first-order valence-electron chi connectivity index (χ1n) is 4.04. The first-order chi connectivity index (χ1) is 4.88. The Morgan fingerprint density at radius 1 is 1.50 bits per heavy atom. The fourth-order valence-corrected chi connectivity index (χ4v) is 1.83. The second kappa shape index (κ2) is 3.94. The molecule has 0 aromatic heterocycles. The van der Waals surface area contributed by atoms with E-state index in [1.807, 2.05) is 7.05 Å². The summed E-state index contributed by atoms with van der Waals surface area (Å²) in [6.45, 7) is 0.922. The predicted molar refractivity (Wildman–Crippen MR) is 42.1 cm³/mol. The summed E-state index contributed by atoms with van der Waals surface area (Å²) in [7, 11) is 3.82. The van der Waals surface area contributed by atoms with E-state index in [1.54, 1.807) is 7.11 Å². The molecule has 1 saturated carbocycles. The van der Waals surface area contributed by atoms with Crippen molar-refractivity contribution in [3.63, 3.8) is 0 Å². The maximum Gasteiger partial charge on any atom is 0.0505 e. The van der Waals surface area contributed by atoms with Crippen LogP contribution in [0.1, 0.15) is 19.3 Å². The highest BCUT2D eigenvalue weighted by Gasteiger charge is 2.25. The van der Waals surface area contributed by atoms with Gasteiger partial charge in [-0.15, -0.1) is 0 Å². The van der Waals surface area contributed by atoms with Gasteiger partial charge in [0, 0.05) is 13.2 Å². The molecule has 1 N–H and O–H groups in total. The van der Waals surface area contributed by atoms with Crippen LogP contribution in [-0.4, -0.2) is 26.8 Å². The standard InChI is InChI=1S/C8H17NO/c1-9-8-5-3-4-7(8)6-10-2/h7-9H,3-6H2,1-2H3/t7-,8-/m0/s1. The quantitative estimate of drug-likeness (QED) is 0.637. The largest absolute Gasteiger partial charge is 0.384 e. The molecular formula is C8H17NO. The van der Waals surface area contributed by atoms with E-state index in [9.17, 15) is 0 Å². The normalized spacial score (nSPS) is 33.0. The van der Waals surface area contributed by atoms with Crippen LogP contribution in [0.3, 0.4) is 0 Å². The zero-order valence-electron chi connectivity index (χ0n) is 6.89. The van der Waals surface area contributed by atoms with Crippen molar-refractivity contribution in [3.05, 3.63) is 0 Å². The Bertz CT molecular complexity index is 95.3. The van der Waals surface area contributed by atoms with E-state index < -0.39 is 0 Å². The second-order valence-electron chi connectivity index (χ2n) is 3.04. The average Bonchev–Trinajstić information content (AvgIpc) is 2.36. The van der Waals surface area contributed by atoms with Crippen molar-refractivity contribution in [2.24, 2.45) is 5.92 Å². The lowest BCUT2D eigenvalue weighted by atomic mass is 10.1. The Morgan fingerprint density at radius 3 is 2.90 bits per heavy atom. The molecule has 2 nitrogen and oxygen atoms in total. The molecule has 2 heteroatoms. The van der Waals surface area contributed by atoms with Gasteiger partial charge >= 0.3 is 0 Å². The topological polar surface area (TPSA) is 21.3 Å². The third kappa shape index (κ3) is 1.70. The summed E-state index contributed by atoms with van der Waals surface area (Å²) in [4.78, 5) is 0. The van der Waals surface area contributed by atoms with Gasteiger partial charge in [-0.2, -0.15) is 0 Å². The number of hydrogen-bond donors (Lipinski definition) is 1. The number of nitrogens with one attached hydrogen (secondary N) is 1. The fraction of sp³-hybridized carbons (Fsp3) is 1.00. The van der Waals surface area contributed by atoms with Crippen LogP contribution in [-0.2, 0) is 4.74 Å². The monoisotopic (exact) mass is 143 g/mol. The van der Waals surface area contributed by atoms with Crippen LogP contribution in [0.4, 0.5) is 0 Å². The van der Waals surface area contributed by atoms with Crippen molar-refractivity contribution < 1.29 is 4.74 Å². The van der Waals surface area contributed by atoms with Gasteiger partial charge in [0.25, 0.3) is 0 Å². The number of rotatable bonds is 3. The first kappa shape index (κ1) is 8.02. The highest BCUT2D eigenvalue weighted by Crippen LogP contribution is 2.25. The maximum absolute atomic E-state index is 5.12. The summed E-state index contributed by atoms with van der Waals surface area (Å²) in [5.74, 6) is 0.759. The lowest BCUT2D eigenvalue weighted by molar-refractivity contribution is 0.142. The van der Waals surface area contributed by atoms with Crippen LogP contribution in [0.25, 0.3) is 0 Å². The summed E-state index contributed by atoms with van der Waals surface area (Å²) in [6.07, 6.45) is 4.02. The molecule has 1 aliphatic carbocycles. The summed E-state index contributed by atoms with van der Waals surface area (Å²) in [5.41, 5.74) is 0. The Labute approximate surface area is 63.0 Å². The van der Waals surface area contributed by atoms with E-state index in [0.29, 0.717) is 6.04 Å². The SMILES string of the molecule is CN[C@H]1CCC[C@H]1COC. The van der Waals surface area contributed by atoms with Crippen LogP contribution >= 0.6 is 0 Å². The minimum atomic E-state index is 0.708. The molecule has 0 unspecified atom stereocenters. The highest BCUT2D eigenvalue weighted by atomic mass is 16.5. The molecule has 0 aromatic carbocycles. The van der Waals surface area contributed by atoms with Crippen LogP contribution in [0.5, 0.6) is 0 Å². The van der Waals surface area contributed by atoms with E-state index in [1.165, 1.54) is 19.3 Å². The van der Waals surface area contributed by atoms with Gasteiger partial charge in [-0.25, -0.2) is 0 Å². The molecule has 0 aromatic rings. The van der Waals surface area contributed by atoms with Gasteiger partial charge < -0.3 is 10.1 Å². The molecular weight excluding hydrogens is 126 g/mol. The first-order valence-corrected chi connectivity index (χ1v) is 4.04. The average molecular weight is 143 g/mol. The summed E-state index contributed by atoms with van der Waals surface area (Å²) >= 11 is 0. The molecule has 1 rings (SSSR count). The van der Waals surface area contributed by atoms with Crippen LogP contribution in [0.2, 0.25) is 0 Å². The summed E-state index contributed by atoms with van der Waals surface area (Å²) in [5, 5.41) is 3.32. The molecule has 0 aliphatic heterocycles. The molecule has 0 bridgehead atoms. The zero-order valence-corrected chi connectivity index (χ0v) is 6.89. The lowest BCUT2D eigenvalue weighted by Crippen LogP contribution is -2.31. The van der Waals surface area contributed by atoms with E-state index in [4.69, 9.17) is 4.74 Å². The van der Waals surface area contributed by atoms with Crippen molar-refractivity contribution in [2.75, 3.05) is 20.8 Å². The van der Waals surface area contributed by atoms with Gasteiger partial charge in [-0.05, 0) is 25.8 Å². The highest BCUT2D eigenvalue weighted by molar-refractivity contribution is 4.81. The third-order valence-electron chi connectivity index (χ3n) is 2.41. The molecule has 0 radical (unpaired) electrons. The molecule has 1 fully saturated rings. The van der Waals surface area contributed by atoms with Gasteiger partial charge in [0.15, 0.2) is 0 Å². The summed E-state index contributed by atoms with van der Waals surface area (Å²) < 4.78 is 5.12. The third-order valence-corrected chi connectivity index (χ3v) is 2.41. The minimum Gasteiger partial charge on any atom is -0.384 e. The van der Waals surface area contributed by atoms with Gasteiger partial charge in [0.2, 0.25) is 0 Å². The molecule has 10 heavy (non-hydrogen) atoms. The number of hydrogen-bond acceptors (Lipinski definition) is 2. The maximum atomic E-state index is 5.12. The Balaban J connectivity index is 2.27. The van der Waals surface area contributed by atoms with E-state index >= 15 is 0 Å². The molecule has 2 atom stereocenters. The second-order valence-corrected chi connectivity index (χ2v) is 3.04. The number of ether oxygens (including phenoxy) is 1. The van der Waals surface area contributed by atoms with Crippen molar-refractivity contribution in [1.82, 2.24) is 5.32 Å². The van der Waals surface area contributed by atoms with E-state index in [2.05, 4.69) is 5.32 Å². The molecule has 0 amide bonds. The van der Waals surface area contributed by atoms with Crippen molar-refractivity contribution in [3.8, 4) is 0 Å².